The highest BCUT2D eigenvalue weighted by Crippen LogP contribution is 2.30. The molecule has 1 amide bonds. The van der Waals surface area contributed by atoms with E-state index in [9.17, 15) is 14.9 Å². The van der Waals surface area contributed by atoms with Crippen molar-refractivity contribution in [3.63, 3.8) is 0 Å². The van der Waals surface area contributed by atoms with Gasteiger partial charge in [-0.15, -0.1) is 0 Å². The third-order valence-electron chi connectivity index (χ3n) is 7.74. The Balaban J connectivity index is 0.00000442. The predicted molar refractivity (Wildman–Crippen MR) is 166 cm³/mol. The molecule has 0 aliphatic carbocycles. The highest BCUT2D eigenvalue weighted by Gasteiger charge is 2.33. The molecule has 2 aliphatic heterocycles. The van der Waals surface area contributed by atoms with Crippen molar-refractivity contribution < 1.29 is 19.4 Å². The molecule has 0 bridgehead atoms. The number of hydrogen-bond acceptors (Lipinski definition) is 8. The van der Waals surface area contributed by atoms with E-state index in [4.69, 9.17) is 14.8 Å². The number of amides is 1. The van der Waals surface area contributed by atoms with E-state index < -0.39 is 5.97 Å². The topological polar surface area (TPSA) is 147 Å². The summed E-state index contributed by atoms with van der Waals surface area (Å²) in [5.74, 6) is 0.156. The number of ether oxygens (including phenoxy) is 1. The van der Waals surface area contributed by atoms with Crippen molar-refractivity contribution >= 4 is 29.5 Å². The number of carboxylic acids is 1. The number of aliphatic imine (C=N–C) groups is 1. The molecule has 1 saturated heterocycles. The number of nitriles is 1. The molecule has 0 unspecified atom stereocenters. The van der Waals surface area contributed by atoms with Crippen LogP contribution in [0, 0.1) is 17.4 Å². The van der Waals surface area contributed by atoms with Crippen molar-refractivity contribution in [2.75, 3.05) is 31.1 Å². The number of hydrogen-bond donors (Lipinski definition) is 2. The molecule has 0 spiro atoms. The third-order valence-corrected chi connectivity index (χ3v) is 7.74. The molecule has 12 nitrogen and oxygen atoms in total. The van der Waals surface area contributed by atoms with Gasteiger partial charge >= 0.3 is 12.1 Å². The molecule has 0 saturated carbocycles. The Morgan fingerprint density at radius 1 is 1.11 bits per heavy atom. The smallest absolute Gasteiger partial charge is 0.410 e. The number of anilines is 1. The number of aromatic nitrogens is 2. The third kappa shape index (κ3) is 7.23. The number of guanidine groups is 1. The van der Waals surface area contributed by atoms with Gasteiger partial charge < -0.3 is 24.5 Å². The molecule has 3 aromatic rings. The lowest BCUT2D eigenvalue weighted by Gasteiger charge is -2.44. The van der Waals surface area contributed by atoms with Gasteiger partial charge in [0.05, 0.1) is 24.1 Å². The van der Waals surface area contributed by atoms with E-state index in [0.717, 1.165) is 22.4 Å². The molecular formula is C32H38N8O4. The van der Waals surface area contributed by atoms with Crippen LogP contribution in [0.3, 0.4) is 0 Å². The number of nitrogens with zero attached hydrogens (tertiary/aromatic N) is 7. The van der Waals surface area contributed by atoms with Gasteiger partial charge in [-0.05, 0) is 35.1 Å². The average Bonchev–Trinajstić information content (AvgIpc) is 3.03. The Morgan fingerprint density at radius 2 is 1.91 bits per heavy atom. The van der Waals surface area contributed by atoms with Crippen molar-refractivity contribution in [3.05, 3.63) is 83.3 Å². The maximum atomic E-state index is 12.8. The van der Waals surface area contributed by atoms with Crippen LogP contribution in [0.5, 0.6) is 0 Å². The molecule has 44 heavy (non-hydrogen) atoms. The van der Waals surface area contributed by atoms with E-state index in [1.807, 2.05) is 48.5 Å². The zero-order valence-electron chi connectivity index (χ0n) is 24.2. The molecule has 1 aromatic heterocycles. The monoisotopic (exact) mass is 598 g/mol. The summed E-state index contributed by atoms with van der Waals surface area (Å²) in [7, 11) is 0. The first-order valence-electron chi connectivity index (χ1n) is 14.2. The van der Waals surface area contributed by atoms with Crippen LogP contribution in [-0.2, 0) is 24.3 Å². The van der Waals surface area contributed by atoms with Crippen LogP contribution in [0.4, 0.5) is 16.3 Å². The summed E-state index contributed by atoms with van der Waals surface area (Å²) in [6, 6.07) is 15.4. The fourth-order valence-corrected chi connectivity index (χ4v) is 5.44. The fraction of sp³-hybridized carbons (Fsp3) is 0.375. The summed E-state index contributed by atoms with van der Waals surface area (Å²) in [4.78, 5) is 43.1. The standard InChI is InChI=1S/C31H34N8O4.CH4/c1-21(2)27-18-37(28-16-33-26(15-34-28)29(40)41)13-14-39(27)30(35-20-32)36-25-10-6-9-23-17-38(12-11-24(23)25)31(42)43-19-22-7-4-3-5-8-22;/h3-10,15-16,21,27H,11-14,17-19H2,1-2H3,(H,35,36)(H,40,41);1H4/t27-;/m1./s1. The number of carbonyl (C=O) groups excluding carboxylic acids is 1. The Morgan fingerprint density at radius 3 is 2.59 bits per heavy atom. The van der Waals surface area contributed by atoms with Gasteiger partial charge in [0.1, 0.15) is 12.4 Å². The van der Waals surface area contributed by atoms with Gasteiger partial charge in [-0.25, -0.2) is 24.5 Å². The lowest BCUT2D eigenvalue weighted by atomic mass is 9.98. The largest absolute Gasteiger partial charge is 0.476 e. The summed E-state index contributed by atoms with van der Waals surface area (Å²) in [5.41, 5.74) is 3.63. The first-order chi connectivity index (χ1) is 20.8. The van der Waals surface area contributed by atoms with E-state index in [2.05, 4.69) is 45.1 Å². The van der Waals surface area contributed by atoms with Crippen molar-refractivity contribution in [1.82, 2.24) is 25.1 Å². The van der Waals surface area contributed by atoms with E-state index in [0.29, 0.717) is 50.9 Å². The minimum absolute atomic E-state index is 0. The summed E-state index contributed by atoms with van der Waals surface area (Å²) in [6.45, 7) is 7.11. The number of nitrogens with one attached hydrogen (secondary N) is 1. The number of fused-ring (bicyclic) bond motifs is 1. The number of carbonyl (C=O) groups is 2. The molecule has 5 rings (SSSR count). The van der Waals surface area contributed by atoms with E-state index in [1.165, 1.54) is 12.4 Å². The van der Waals surface area contributed by atoms with Crippen LogP contribution in [0.2, 0.25) is 0 Å². The molecule has 3 heterocycles. The molecule has 1 atom stereocenters. The Hall–Kier alpha value is -5.18. The van der Waals surface area contributed by atoms with Gasteiger partial charge in [0.25, 0.3) is 0 Å². The summed E-state index contributed by atoms with van der Waals surface area (Å²) in [6.07, 6.45) is 5.06. The molecule has 0 radical (unpaired) electrons. The molecule has 12 heteroatoms. The van der Waals surface area contributed by atoms with Crippen LogP contribution in [0.15, 0.2) is 65.9 Å². The first-order valence-corrected chi connectivity index (χ1v) is 14.2. The van der Waals surface area contributed by atoms with Crippen molar-refractivity contribution in [3.8, 4) is 6.19 Å². The Bertz CT molecular complexity index is 1520. The summed E-state index contributed by atoms with van der Waals surface area (Å²) >= 11 is 0. The van der Waals surface area contributed by atoms with Gasteiger partial charge in [0.15, 0.2) is 11.9 Å². The predicted octanol–water partition coefficient (Wildman–Crippen LogP) is 4.41. The highest BCUT2D eigenvalue weighted by molar-refractivity contribution is 5.86. The number of aromatic carboxylic acids is 1. The molecule has 230 valence electrons. The normalized spacial score (nSPS) is 16.5. The summed E-state index contributed by atoms with van der Waals surface area (Å²) < 4.78 is 5.55. The highest BCUT2D eigenvalue weighted by atomic mass is 16.6. The molecule has 2 aliphatic rings. The zero-order chi connectivity index (χ0) is 30.3. The van der Waals surface area contributed by atoms with E-state index in [1.54, 1.807) is 4.90 Å². The minimum Gasteiger partial charge on any atom is -0.476 e. The quantitative estimate of drug-likeness (QED) is 0.181. The summed E-state index contributed by atoms with van der Waals surface area (Å²) in [5, 5.41) is 21.6. The average molecular weight is 599 g/mol. The van der Waals surface area contributed by atoms with Crippen molar-refractivity contribution in [2.45, 2.75) is 46.9 Å². The van der Waals surface area contributed by atoms with Gasteiger partial charge in [0, 0.05) is 32.7 Å². The van der Waals surface area contributed by atoms with Crippen LogP contribution in [-0.4, -0.2) is 75.1 Å². The van der Waals surface area contributed by atoms with Crippen LogP contribution in [0.1, 0.15) is 48.5 Å². The van der Waals surface area contributed by atoms with Gasteiger partial charge in [-0.1, -0.05) is 63.7 Å². The first kappa shape index (κ1) is 31.7. The fourth-order valence-electron chi connectivity index (χ4n) is 5.44. The molecular weight excluding hydrogens is 560 g/mol. The minimum atomic E-state index is -1.12. The second kappa shape index (κ2) is 14.3. The number of piperazine rings is 1. The maximum Gasteiger partial charge on any atom is 0.410 e. The molecule has 2 aromatic carbocycles. The lowest BCUT2D eigenvalue weighted by molar-refractivity contribution is 0.0689. The molecule has 1 fully saturated rings. The van der Waals surface area contributed by atoms with Gasteiger partial charge in [-0.3, -0.25) is 5.32 Å². The lowest BCUT2D eigenvalue weighted by Crippen LogP contribution is -2.59. The van der Waals surface area contributed by atoms with Gasteiger partial charge in [0.2, 0.25) is 5.96 Å². The second-order valence-electron chi connectivity index (χ2n) is 10.8. The Kier molecular flexibility index (Phi) is 10.3. The van der Waals surface area contributed by atoms with Gasteiger partial charge in [-0.2, -0.15) is 5.26 Å². The SMILES string of the molecule is C.CC(C)[C@H]1CN(c2cnc(C(=O)O)cn2)CCN1C(=Nc1cccc2c1CCN(C(=O)OCc1ccccc1)C2)NC#N. The van der Waals surface area contributed by atoms with Crippen molar-refractivity contribution in [1.29, 1.82) is 5.26 Å². The molecule has 2 N–H and O–H groups in total. The van der Waals surface area contributed by atoms with E-state index >= 15 is 0 Å². The van der Waals surface area contributed by atoms with Crippen LogP contribution < -0.4 is 10.2 Å². The number of carboxylic acid groups (broad SMARTS) is 1. The number of benzene rings is 2. The Labute approximate surface area is 257 Å². The maximum absolute atomic E-state index is 12.8. The van der Waals surface area contributed by atoms with E-state index in [-0.39, 0.29) is 37.8 Å². The second-order valence-corrected chi connectivity index (χ2v) is 10.8. The zero-order valence-corrected chi connectivity index (χ0v) is 24.2. The number of rotatable bonds is 6. The van der Waals surface area contributed by atoms with Crippen LogP contribution >= 0.6 is 0 Å². The van der Waals surface area contributed by atoms with Crippen LogP contribution in [0.25, 0.3) is 0 Å². The van der Waals surface area contributed by atoms with Crippen molar-refractivity contribution in [2.24, 2.45) is 10.9 Å².